The lowest BCUT2D eigenvalue weighted by Gasteiger charge is -2.24. The van der Waals surface area contributed by atoms with E-state index in [0.717, 1.165) is 18.1 Å². The second kappa shape index (κ2) is 5.71. The summed E-state index contributed by atoms with van der Waals surface area (Å²) in [5.74, 6) is 2.12. The molecule has 0 atom stereocenters. The summed E-state index contributed by atoms with van der Waals surface area (Å²) in [6.45, 7) is 5.80. The molecule has 2 heterocycles. The summed E-state index contributed by atoms with van der Waals surface area (Å²) in [7, 11) is 0. The van der Waals surface area contributed by atoms with Crippen LogP contribution in [0, 0.1) is 0 Å². The summed E-state index contributed by atoms with van der Waals surface area (Å²) in [5, 5.41) is 4.07. The van der Waals surface area contributed by atoms with Gasteiger partial charge in [-0.15, -0.1) is 0 Å². The summed E-state index contributed by atoms with van der Waals surface area (Å²) in [4.78, 5) is 11.2. The third kappa shape index (κ3) is 3.22. The van der Waals surface area contributed by atoms with E-state index in [0.29, 0.717) is 24.4 Å². The highest BCUT2D eigenvalue weighted by atomic mass is 16.5. The highest BCUT2D eigenvalue weighted by Crippen LogP contribution is 2.38. The molecule has 0 saturated heterocycles. The molecule has 1 fully saturated rings. The van der Waals surface area contributed by atoms with Gasteiger partial charge in [-0.1, -0.05) is 11.2 Å². The van der Waals surface area contributed by atoms with Gasteiger partial charge in [0, 0.05) is 24.7 Å². The minimum atomic E-state index is 0.397. The molecular weight excluding hydrogens is 252 g/mol. The second-order valence-corrected chi connectivity index (χ2v) is 5.64. The van der Waals surface area contributed by atoms with Gasteiger partial charge < -0.3 is 4.52 Å². The molecule has 0 bridgehead atoms. The first-order valence-corrected chi connectivity index (χ1v) is 7.19. The fraction of sp³-hybridized carbons (Fsp3) is 0.533. The molecular formula is C15H20N4O. The first kappa shape index (κ1) is 13.2. The Morgan fingerprint density at radius 3 is 2.80 bits per heavy atom. The van der Waals surface area contributed by atoms with E-state index < -0.39 is 0 Å². The second-order valence-electron chi connectivity index (χ2n) is 5.64. The average molecular weight is 272 g/mol. The lowest BCUT2D eigenvalue weighted by molar-refractivity contribution is 0.174. The van der Waals surface area contributed by atoms with Crippen LogP contribution < -0.4 is 0 Å². The van der Waals surface area contributed by atoms with Gasteiger partial charge in [0.25, 0.3) is 0 Å². The van der Waals surface area contributed by atoms with E-state index >= 15 is 0 Å². The highest BCUT2D eigenvalue weighted by molar-refractivity contribution is 5.05. The number of aromatic nitrogens is 3. The molecule has 2 aromatic rings. The average Bonchev–Trinajstić information content (AvgIpc) is 3.19. The lowest BCUT2D eigenvalue weighted by Crippen LogP contribution is -2.30. The van der Waals surface area contributed by atoms with E-state index in [1.807, 2.05) is 24.4 Å². The number of nitrogens with zero attached hydrogens (tertiary/aromatic N) is 4. The summed E-state index contributed by atoms with van der Waals surface area (Å²) in [6, 6.07) is 6.38. The number of rotatable bonds is 6. The van der Waals surface area contributed by atoms with Gasteiger partial charge in [-0.3, -0.25) is 9.88 Å². The first-order chi connectivity index (χ1) is 9.72. The van der Waals surface area contributed by atoms with Crippen LogP contribution in [-0.2, 0) is 13.1 Å². The molecule has 0 spiro atoms. The van der Waals surface area contributed by atoms with Crippen molar-refractivity contribution in [2.45, 2.75) is 51.7 Å². The van der Waals surface area contributed by atoms with Gasteiger partial charge in [-0.2, -0.15) is 4.98 Å². The molecule has 106 valence electrons. The lowest BCUT2D eigenvalue weighted by atomic mass is 10.2. The van der Waals surface area contributed by atoms with Crippen molar-refractivity contribution < 1.29 is 4.52 Å². The van der Waals surface area contributed by atoms with E-state index in [-0.39, 0.29) is 0 Å². The Balaban J connectivity index is 1.67. The van der Waals surface area contributed by atoms with Crippen molar-refractivity contribution in [3.63, 3.8) is 0 Å². The Labute approximate surface area is 119 Å². The van der Waals surface area contributed by atoms with E-state index in [1.54, 1.807) is 0 Å². The number of hydrogen-bond donors (Lipinski definition) is 0. The first-order valence-electron chi connectivity index (χ1n) is 7.19. The van der Waals surface area contributed by atoms with Crippen molar-refractivity contribution in [1.29, 1.82) is 0 Å². The zero-order valence-electron chi connectivity index (χ0n) is 12.0. The molecule has 20 heavy (non-hydrogen) atoms. The summed E-state index contributed by atoms with van der Waals surface area (Å²) >= 11 is 0. The molecule has 1 aliphatic rings. The van der Waals surface area contributed by atoms with E-state index in [9.17, 15) is 0 Å². The minimum Gasteiger partial charge on any atom is -0.338 e. The molecule has 0 N–H and O–H groups in total. The van der Waals surface area contributed by atoms with Crippen molar-refractivity contribution in [3.8, 4) is 0 Å². The fourth-order valence-electron chi connectivity index (χ4n) is 2.13. The molecule has 1 saturated carbocycles. The molecule has 0 unspecified atom stereocenters. The van der Waals surface area contributed by atoms with Gasteiger partial charge in [-0.25, -0.2) is 0 Å². The SMILES string of the molecule is CC(C)N(Cc1ccccn1)Cc1nc(C2CC2)no1. The van der Waals surface area contributed by atoms with Crippen LogP contribution in [0.25, 0.3) is 0 Å². The molecule has 0 radical (unpaired) electrons. The van der Waals surface area contributed by atoms with Gasteiger partial charge >= 0.3 is 0 Å². The molecule has 0 amide bonds. The van der Waals surface area contributed by atoms with Gasteiger partial charge in [0.05, 0.1) is 12.2 Å². The zero-order chi connectivity index (χ0) is 13.9. The molecule has 3 rings (SSSR count). The van der Waals surface area contributed by atoms with Crippen LogP contribution in [0.2, 0.25) is 0 Å². The van der Waals surface area contributed by atoms with Gasteiger partial charge in [-0.05, 0) is 38.8 Å². The van der Waals surface area contributed by atoms with Crippen LogP contribution in [0.4, 0.5) is 0 Å². The van der Waals surface area contributed by atoms with Gasteiger partial charge in [0.15, 0.2) is 5.82 Å². The Morgan fingerprint density at radius 1 is 1.30 bits per heavy atom. The summed E-state index contributed by atoms with van der Waals surface area (Å²) in [5.41, 5.74) is 1.06. The van der Waals surface area contributed by atoms with Crippen LogP contribution in [0.15, 0.2) is 28.9 Å². The van der Waals surface area contributed by atoms with Crippen LogP contribution in [0.5, 0.6) is 0 Å². The molecule has 1 aliphatic carbocycles. The molecule has 0 aliphatic heterocycles. The van der Waals surface area contributed by atoms with Crippen molar-refractivity contribution in [2.24, 2.45) is 0 Å². The van der Waals surface area contributed by atoms with Crippen molar-refractivity contribution in [1.82, 2.24) is 20.0 Å². The maximum atomic E-state index is 5.36. The molecule has 2 aromatic heterocycles. The monoisotopic (exact) mass is 272 g/mol. The highest BCUT2D eigenvalue weighted by Gasteiger charge is 2.29. The molecule has 5 heteroatoms. The Bertz CT molecular complexity index is 548. The Kier molecular flexibility index (Phi) is 3.78. The Morgan fingerprint density at radius 2 is 2.15 bits per heavy atom. The van der Waals surface area contributed by atoms with Gasteiger partial charge in [0.2, 0.25) is 5.89 Å². The predicted octanol–water partition coefficient (Wildman–Crippen LogP) is 2.75. The van der Waals surface area contributed by atoms with Crippen molar-refractivity contribution in [3.05, 3.63) is 41.8 Å². The standard InChI is InChI=1S/C15H20N4O/c1-11(2)19(9-13-5-3-4-8-16-13)10-14-17-15(18-20-14)12-6-7-12/h3-5,8,11-12H,6-7,9-10H2,1-2H3. The summed E-state index contributed by atoms with van der Waals surface area (Å²) < 4.78 is 5.36. The summed E-state index contributed by atoms with van der Waals surface area (Å²) in [6.07, 6.45) is 4.22. The van der Waals surface area contributed by atoms with Crippen LogP contribution in [-0.4, -0.2) is 26.1 Å². The topological polar surface area (TPSA) is 55.1 Å². The van der Waals surface area contributed by atoms with E-state index in [2.05, 4.69) is 33.9 Å². The Hall–Kier alpha value is -1.75. The predicted molar refractivity (Wildman–Crippen MR) is 74.9 cm³/mol. The smallest absolute Gasteiger partial charge is 0.240 e. The number of pyridine rings is 1. The fourth-order valence-corrected chi connectivity index (χ4v) is 2.13. The number of hydrogen-bond acceptors (Lipinski definition) is 5. The third-order valence-corrected chi connectivity index (χ3v) is 3.59. The van der Waals surface area contributed by atoms with Gasteiger partial charge in [0.1, 0.15) is 0 Å². The van der Waals surface area contributed by atoms with E-state index in [1.165, 1.54) is 12.8 Å². The largest absolute Gasteiger partial charge is 0.338 e. The third-order valence-electron chi connectivity index (χ3n) is 3.59. The van der Waals surface area contributed by atoms with E-state index in [4.69, 9.17) is 4.52 Å². The van der Waals surface area contributed by atoms with Crippen LogP contribution in [0.1, 0.15) is 50.0 Å². The van der Waals surface area contributed by atoms with Crippen molar-refractivity contribution in [2.75, 3.05) is 0 Å². The molecule has 0 aromatic carbocycles. The van der Waals surface area contributed by atoms with Crippen LogP contribution >= 0.6 is 0 Å². The molecule has 5 nitrogen and oxygen atoms in total. The maximum Gasteiger partial charge on any atom is 0.240 e. The normalized spacial score (nSPS) is 15.2. The maximum absolute atomic E-state index is 5.36. The zero-order valence-corrected chi connectivity index (χ0v) is 12.0. The minimum absolute atomic E-state index is 0.397. The quantitative estimate of drug-likeness (QED) is 0.809. The van der Waals surface area contributed by atoms with Crippen molar-refractivity contribution >= 4 is 0 Å². The van der Waals surface area contributed by atoms with Crippen LogP contribution in [0.3, 0.4) is 0 Å².